The van der Waals surface area contributed by atoms with Crippen molar-refractivity contribution in [2.24, 2.45) is 5.92 Å². The van der Waals surface area contributed by atoms with Gasteiger partial charge < -0.3 is 10.1 Å². The molecule has 0 radical (unpaired) electrons. The second kappa shape index (κ2) is 11.5. The molecule has 36 heavy (non-hydrogen) atoms. The molecule has 1 unspecified atom stereocenters. The van der Waals surface area contributed by atoms with Crippen LogP contribution in [-0.4, -0.2) is 45.7 Å². The number of nitrogens with one attached hydrogen (secondary N) is 2. The Labute approximate surface area is 211 Å². The highest BCUT2D eigenvalue weighted by atomic mass is 16.5. The lowest BCUT2D eigenvalue weighted by Crippen LogP contribution is -2.58. The quantitative estimate of drug-likeness (QED) is 0.323. The summed E-state index contributed by atoms with van der Waals surface area (Å²) in [7, 11) is 0. The van der Waals surface area contributed by atoms with Gasteiger partial charge in [-0.25, -0.2) is 5.48 Å². The smallest absolute Gasteiger partial charge is 0.252 e. The van der Waals surface area contributed by atoms with Crippen LogP contribution in [0.1, 0.15) is 54.7 Å². The standard InChI is InChI=1S/C28H34N4O4/c1-18(2)32-14-6-7-21(16-26(33)31-35)27(32)30-28(34)20-10-12-23(13-11-20)36-17-22-15-19(3)29-25-9-5-4-8-24(22)25/h4-5,8-13,15,18,21,27,35H,6-7,14,16-17H2,1-3H3,(H,30,34)(H,31,33)/t21-,27?/m0/s1. The molecule has 0 spiro atoms. The van der Waals surface area contributed by atoms with E-state index >= 15 is 0 Å². The predicted octanol–water partition coefficient (Wildman–Crippen LogP) is 4.19. The molecule has 1 aliphatic rings. The van der Waals surface area contributed by atoms with Crippen LogP contribution in [0.2, 0.25) is 0 Å². The summed E-state index contributed by atoms with van der Waals surface area (Å²) in [5.74, 6) is -0.0599. The zero-order chi connectivity index (χ0) is 25.7. The molecule has 2 heterocycles. The lowest BCUT2D eigenvalue weighted by molar-refractivity contribution is -0.131. The summed E-state index contributed by atoms with van der Waals surface area (Å²) in [6.45, 7) is 7.36. The largest absolute Gasteiger partial charge is 0.489 e. The van der Waals surface area contributed by atoms with E-state index in [2.05, 4.69) is 29.0 Å². The van der Waals surface area contributed by atoms with Crippen LogP contribution < -0.4 is 15.5 Å². The third-order valence-electron chi connectivity index (χ3n) is 6.75. The number of pyridine rings is 1. The van der Waals surface area contributed by atoms with Crippen molar-refractivity contribution < 1.29 is 19.5 Å². The summed E-state index contributed by atoms with van der Waals surface area (Å²) >= 11 is 0. The van der Waals surface area contributed by atoms with Gasteiger partial charge in [0.1, 0.15) is 12.4 Å². The van der Waals surface area contributed by atoms with E-state index in [-0.39, 0.29) is 30.5 Å². The number of ether oxygens (including phenoxy) is 1. The molecule has 8 nitrogen and oxygen atoms in total. The maximum atomic E-state index is 13.1. The van der Waals surface area contributed by atoms with Gasteiger partial charge in [-0.1, -0.05) is 18.2 Å². The van der Waals surface area contributed by atoms with E-state index in [0.717, 1.165) is 41.5 Å². The Morgan fingerprint density at radius 1 is 1.17 bits per heavy atom. The fourth-order valence-electron chi connectivity index (χ4n) is 4.98. The van der Waals surface area contributed by atoms with Gasteiger partial charge in [-0.3, -0.25) is 24.7 Å². The van der Waals surface area contributed by atoms with Crippen LogP contribution in [0.25, 0.3) is 10.9 Å². The number of aryl methyl sites for hydroxylation is 1. The summed E-state index contributed by atoms with van der Waals surface area (Å²) in [5.41, 5.74) is 5.17. The number of benzene rings is 2. The summed E-state index contributed by atoms with van der Waals surface area (Å²) < 4.78 is 6.03. The maximum Gasteiger partial charge on any atom is 0.252 e. The number of aromatic nitrogens is 1. The van der Waals surface area contributed by atoms with Gasteiger partial charge in [0.05, 0.1) is 11.7 Å². The second-order valence-electron chi connectivity index (χ2n) is 9.64. The Bertz CT molecular complexity index is 1210. The topological polar surface area (TPSA) is 104 Å². The number of para-hydroxylation sites is 1. The summed E-state index contributed by atoms with van der Waals surface area (Å²) in [4.78, 5) is 31.7. The van der Waals surface area contributed by atoms with E-state index in [4.69, 9.17) is 9.94 Å². The number of carbonyl (C=O) groups excluding carboxylic acids is 2. The third kappa shape index (κ3) is 6.01. The van der Waals surface area contributed by atoms with Crippen molar-refractivity contribution >= 4 is 22.7 Å². The van der Waals surface area contributed by atoms with Crippen molar-refractivity contribution in [3.05, 3.63) is 71.4 Å². The van der Waals surface area contributed by atoms with Crippen molar-refractivity contribution in [3.8, 4) is 5.75 Å². The Morgan fingerprint density at radius 2 is 1.92 bits per heavy atom. The normalized spacial score (nSPS) is 18.2. The molecular formula is C28H34N4O4. The molecule has 2 amide bonds. The van der Waals surface area contributed by atoms with Crippen molar-refractivity contribution in [2.45, 2.75) is 58.8 Å². The van der Waals surface area contributed by atoms with Crippen LogP contribution >= 0.6 is 0 Å². The van der Waals surface area contributed by atoms with Crippen molar-refractivity contribution in [1.82, 2.24) is 20.7 Å². The molecule has 1 fully saturated rings. The van der Waals surface area contributed by atoms with E-state index in [0.29, 0.717) is 17.9 Å². The van der Waals surface area contributed by atoms with E-state index in [9.17, 15) is 9.59 Å². The molecule has 3 aromatic rings. The molecule has 0 aliphatic carbocycles. The molecule has 2 aromatic carbocycles. The molecule has 2 atom stereocenters. The van der Waals surface area contributed by atoms with E-state index in [1.165, 1.54) is 0 Å². The molecule has 190 valence electrons. The van der Waals surface area contributed by atoms with Crippen LogP contribution in [0.4, 0.5) is 0 Å². The number of fused-ring (bicyclic) bond motifs is 1. The van der Waals surface area contributed by atoms with Gasteiger partial charge in [-0.05, 0) is 70.0 Å². The van der Waals surface area contributed by atoms with Crippen molar-refractivity contribution in [1.29, 1.82) is 0 Å². The van der Waals surface area contributed by atoms with Crippen LogP contribution in [0.3, 0.4) is 0 Å². The highest BCUT2D eigenvalue weighted by molar-refractivity contribution is 5.94. The van der Waals surface area contributed by atoms with Crippen molar-refractivity contribution in [3.63, 3.8) is 0 Å². The zero-order valence-electron chi connectivity index (χ0n) is 21.0. The first-order valence-electron chi connectivity index (χ1n) is 12.4. The minimum Gasteiger partial charge on any atom is -0.489 e. The molecule has 0 bridgehead atoms. The number of likely N-dealkylation sites (tertiary alicyclic amines) is 1. The number of hydroxylamine groups is 1. The number of rotatable bonds is 8. The van der Waals surface area contributed by atoms with Gasteiger partial charge in [0, 0.05) is 47.1 Å². The highest BCUT2D eigenvalue weighted by Gasteiger charge is 2.35. The zero-order valence-corrected chi connectivity index (χ0v) is 21.0. The second-order valence-corrected chi connectivity index (χ2v) is 9.64. The average Bonchev–Trinajstić information content (AvgIpc) is 2.88. The Morgan fingerprint density at radius 3 is 2.64 bits per heavy atom. The molecule has 1 aliphatic heterocycles. The fourth-order valence-corrected chi connectivity index (χ4v) is 4.98. The molecule has 8 heteroatoms. The number of piperidine rings is 1. The number of nitrogens with zero attached hydrogens (tertiary/aromatic N) is 2. The fraction of sp³-hybridized carbons (Fsp3) is 0.393. The summed E-state index contributed by atoms with van der Waals surface area (Å²) in [5, 5.41) is 13.2. The molecule has 0 saturated carbocycles. The van der Waals surface area contributed by atoms with E-state index < -0.39 is 5.91 Å². The molecule has 1 aromatic heterocycles. The summed E-state index contributed by atoms with van der Waals surface area (Å²) in [6.07, 6.45) is 1.60. The van der Waals surface area contributed by atoms with Gasteiger partial charge in [-0.15, -0.1) is 0 Å². The highest BCUT2D eigenvalue weighted by Crippen LogP contribution is 2.27. The summed E-state index contributed by atoms with van der Waals surface area (Å²) in [6, 6.07) is 17.3. The van der Waals surface area contributed by atoms with Gasteiger partial charge in [0.15, 0.2) is 0 Å². The molecule has 3 N–H and O–H groups in total. The Hall–Kier alpha value is -3.49. The maximum absolute atomic E-state index is 13.1. The van der Waals surface area contributed by atoms with Crippen LogP contribution in [0, 0.1) is 12.8 Å². The Kier molecular flexibility index (Phi) is 8.18. The minimum absolute atomic E-state index is 0.0847. The van der Waals surface area contributed by atoms with Crippen LogP contribution in [-0.2, 0) is 11.4 Å². The van der Waals surface area contributed by atoms with Gasteiger partial charge in [0.2, 0.25) is 5.91 Å². The van der Waals surface area contributed by atoms with E-state index in [1.807, 2.05) is 37.3 Å². The van der Waals surface area contributed by atoms with Gasteiger partial charge in [-0.2, -0.15) is 0 Å². The van der Waals surface area contributed by atoms with E-state index in [1.54, 1.807) is 29.7 Å². The number of hydrogen-bond acceptors (Lipinski definition) is 6. The van der Waals surface area contributed by atoms with Gasteiger partial charge >= 0.3 is 0 Å². The lowest BCUT2D eigenvalue weighted by Gasteiger charge is -2.43. The number of carbonyl (C=O) groups is 2. The first-order valence-corrected chi connectivity index (χ1v) is 12.4. The molecule has 1 saturated heterocycles. The monoisotopic (exact) mass is 490 g/mol. The third-order valence-corrected chi connectivity index (χ3v) is 6.75. The van der Waals surface area contributed by atoms with Crippen LogP contribution in [0.15, 0.2) is 54.6 Å². The molecule has 4 rings (SSSR count). The Balaban J connectivity index is 1.43. The SMILES string of the molecule is Cc1cc(COc2ccc(C(=O)NC3[C@H](CC(=O)NO)CCCN3C(C)C)cc2)c2ccccc2n1. The first-order chi connectivity index (χ1) is 17.4. The van der Waals surface area contributed by atoms with Crippen LogP contribution in [0.5, 0.6) is 5.75 Å². The lowest BCUT2D eigenvalue weighted by atomic mass is 9.89. The molecular weight excluding hydrogens is 456 g/mol. The first kappa shape index (κ1) is 25.6. The average molecular weight is 491 g/mol. The van der Waals surface area contributed by atoms with Gasteiger partial charge in [0.25, 0.3) is 5.91 Å². The minimum atomic E-state index is -0.441. The number of amides is 2. The number of hydrogen-bond donors (Lipinski definition) is 3. The van der Waals surface area contributed by atoms with Crippen molar-refractivity contribution in [2.75, 3.05) is 6.54 Å². The predicted molar refractivity (Wildman–Crippen MR) is 138 cm³/mol.